The Bertz CT molecular complexity index is 1320. The third kappa shape index (κ3) is 2.74. The van der Waals surface area contributed by atoms with Gasteiger partial charge in [-0.3, -0.25) is 0 Å². The van der Waals surface area contributed by atoms with Gasteiger partial charge in [0.25, 0.3) is 0 Å². The molecule has 6 heteroatoms. The molecule has 4 aromatic rings. The molecule has 5 rings (SSSR count). The highest BCUT2D eigenvalue weighted by atomic mass is 79.9. The lowest BCUT2D eigenvalue weighted by Gasteiger charge is -2.39. The Kier molecular flexibility index (Phi) is 4.90. The predicted octanol–water partition coefficient (Wildman–Crippen LogP) is 0.781. The average Bonchev–Trinajstić information content (AvgIpc) is 3.07. The van der Waals surface area contributed by atoms with Crippen LogP contribution in [0.2, 0.25) is 0 Å². The van der Waals surface area contributed by atoms with E-state index in [1.54, 1.807) is 0 Å². The standard InChI is InChI=1S/C25H12B5Br/c26-20-19(21(27)23(29)24(30)22(20)28)25(13-6-2-1-3-7-13)17-9-5-4-8-15(17)16-11-10-14(31)12-18(16)25/h1-12H. The van der Waals surface area contributed by atoms with Crippen molar-refractivity contribution in [2.75, 3.05) is 0 Å². The van der Waals surface area contributed by atoms with Crippen molar-refractivity contribution in [1.82, 2.24) is 0 Å². The van der Waals surface area contributed by atoms with Crippen LogP contribution in [0.25, 0.3) is 11.1 Å². The fourth-order valence-electron chi connectivity index (χ4n) is 4.92. The molecule has 0 heterocycles. The normalized spacial score (nSPS) is 16.7. The van der Waals surface area contributed by atoms with Crippen molar-refractivity contribution in [3.63, 3.8) is 0 Å². The van der Waals surface area contributed by atoms with E-state index in [0.29, 0.717) is 16.5 Å². The Hall–Kier alpha value is -2.32. The first-order valence-corrected chi connectivity index (χ1v) is 10.7. The van der Waals surface area contributed by atoms with Gasteiger partial charge in [-0.05, 0) is 45.5 Å². The van der Waals surface area contributed by atoms with E-state index in [4.69, 9.17) is 39.2 Å². The molecule has 0 bridgehead atoms. The number of fused-ring (bicyclic) bond motifs is 3. The van der Waals surface area contributed by atoms with Gasteiger partial charge in [0.1, 0.15) is 39.2 Å². The van der Waals surface area contributed by atoms with Crippen LogP contribution in [-0.2, 0) is 5.41 Å². The Morgan fingerprint density at radius 2 is 1.10 bits per heavy atom. The number of hydrogen-bond acceptors (Lipinski definition) is 0. The molecule has 0 N–H and O–H groups in total. The quantitative estimate of drug-likeness (QED) is 0.352. The van der Waals surface area contributed by atoms with Crippen LogP contribution in [0.3, 0.4) is 0 Å². The molecule has 0 aromatic heterocycles. The Morgan fingerprint density at radius 3 is 1.77 bits per heavy atom. The Balaban J connectivity index is 2.07. The topological polar surface area (TPSA) is 0 Å². The van der Waals surface area contributed by atoms with Crippen molar-refractivity contribution in [1.29, 1.82) is 0 Å². The summed E-state index contributed by atoms with van der Waals surface area (Å²) in [5, 5.41) is 0. The van der Waals surface area contributed by atoms with E-state index in [0.717, 1.165) is 32.3 Å². The van der Waals surface area contributed by atoms with Gasteiger partial charge >= 0.3 is 0 Å². The van der Waals surface area contributed by atoms with Gasteiger partial charge < -0.3 is 0 Å². The molecule has 4 aromatic carbocycles. The molecular formula is C25H12B5Br. The molecule has 31 heavy (non-hydrogen) atoms. The molecule has 0 spiro atoms. The lowest BCUT2D eigenvalue weighted by molar-refractivity contribution is 0.780. The van der Waals surface area contributed by atoms with Crippen LogP contribution in [-0.4, -0.2) is 39.2 Å². The van der Waals surface area contributed by atoms with Crippen LogP contribution in [0, 0.1) is 0 Å². The molecule has 0 fully saturated rings. The van der Waals surface area contributed by atoms with Gasteiger partial charge in [-0.25, -0.2) is 0 Å². The van der Waals surface area contributed by atoms with Crippen LogP contribution >= 0.6 is 15.9 Å². The van der Waals surface area contributed by atoms with Gasteiger partial charge in [-0.2, -0.15) is 0 Å². The summed E-state index contributed by atoms with van der Waals surface area (Å²) in [7, 11) is 32.1. The lowest BCUT2D eigenvalue weighted by atomic mass is 9.53. The summed E-state index contributed by atoms with van der Waals surface area (Å²) < 4.78 is 0.952. The van der Waals surface area contributed by atoms with Gasteiger partial charge in [0.05, 0.1) is 5.41 Å². The third-order valence-electron chi connectivity index (χ3n) is 6.29. The van der Waals surface area contributed by atoms with Gasteiger partial charge in [0.2, 0.25) is 0 Å². The second-order valence-electron chi connectivity index (χ2n) is 7.79. The fourth-order valence-corrected chi connectivity index (χ4v) is 5.28. The highest BCUT2D eigenvalue weighted by molar-refractivity contribution is 9.10. The first-order valence-electron chi connectivity index (χ1n) is 9.86. The van der Waals surface area contributed by atoms with E-state index < -0.39 is 5.41 Å². The third-order valence-corrected chi connectivity index (χ3v) is 6.78. The summed E-state index contributed by atoms with van der Waals surface area (Å²) in [6.07, 6.45) is 0. The Labute approximate surface area is 198 Å². The van der Waals surface area contributed by atoms with Crippen molar-refractivity contribution in [2.45, 2.75) is 5.41 Å². The first-order chi connectivity index (χ1) is 14.9. The van der Waals surface area contributed by atoms with Crippen LogP contribution in [0.1, 0.15) is 22.3 Å². The van der Waals surface area contributed by atoms with Crippen LogP contribution in [0.5, 0.6) is 0 Å². The molecule has 1 atom stereocenters. The van der Waals surface area contributed by atoms with Crippen LogP contribution < -0.4 is 27.3 Å². The van der Waals surface area contributed by atoms with Crippen LogP contribution in [0.4, 0.5) is 0 Å². The first kappa shape index (κ1) is 20.6. The summed E-state index contributed by atoms with van der Waals surface area (Å²) >= 11 is 3.65. The maximum absolute atomic E-state index is 6.66. The molecule has 1 aliphatic carbocycles. The Morgan fingerprint density at radius 1 is 0.548 bits per heavy atom. The molecule has 1 unspecified atom stereocenters. The molecule has 0 saturated heterocycles. The minimum absolute atomic E-state index is 0.211. The highest BCUT2D eigenvalue weighted by Gasteiger charge is 2.47. The van der Waals surface area contributed by atoms with Crippen molar-refractivity contribution >= 4 is 82.5 Å². The van der Waals surface area contributed by atoms with Crippen molar-refractivity contribution in [2.24, 2.45) is 0 Å². The summed E-state index contributed by atoms with van der Waals surface area (Å²) in [4.78, 5) is 0. The van der Waals surface area contributed by atoms with E-state index >= 15 is 0 Å². The van der Waals surface area contributed by atoms with Gasteiger partial charge in [0.15, 0.2) is 0 Å². The number of hydrogen-bond donors (Lipinski definition) is 0. The van der Waals surface area contributed by atoms with Crippen molar-refractivity contribution in [3.8, 4) is 11.1 Å². The van der Waals surface area contributed by atoms with Gasteiger partial charge in [0, 0.05) is 4.47 Å². The molecule has 0 aliphatic heterocycles. The molecule has 1 aliphatic rings. The summed E-state index contributed by atoms with van der Waals surface area (Å²) in [6, 6.07) is 24.7. The maximum atomic E-state index is 6.66. The largest absolute Gasteiger partial charge is 0.113 e. The molecule has 0 nitrogen and oxygen atoms in total. The summed E-state index contributed by atoms with van der Waals surface area (Å²) in [6.45, 7) is 0. The van der Waals surface area contributed by atoms with E-state index in [1.165, 1.54) is 0 Å². The predicted molar refractivity (Wildman–Crippen MR) is 138 cm³/mol. The van der Waals surface area contributed by atoms with Crippen molar-refractivity contribution in [3.05, 3.63) is 99.5 Å². The average molecular weight is 446 g/mol. The molecule has 134 valence electrons. The number of benzene rings is 4. The summed E-state index contributed by atoms with van der Waals surface area (Å²) in [5.41, 5.74) is 6.60. The number of rotatable bonds is 2. The van der Waals surface area contributed by atoms with Crippen molar-refractivity contribution < 1.29 is 0 Å². The van der Waals surface area contributed by atoms with Crippen LogP contribution in [0.15, 0.2) is 77.3 Å². The molecule has 10 radical (unpaired) electrons. The van der Waals surface area contributed by atoms with E-state index in [2.05, 4.69) is 52.3 Å². The zero-order chi connectivity index (χ0) is 21.9. The zero-order valence-corrected chi connectivity index (χ0v) is 18.3. The summed E-state index contributed by atoms with van der Waals surface area (Å²) in [5.74, 6) is 0. The van der Waals surface area contributed by atoms with Gasteiger partial charge in [-0.15, -0.1) is 27.3 Å². The smallest absolute Gasteiger partial charge is 0.112 e. The minimum Gasteiger partial charge on any atom is -0.112 e. The molecular weight excluding hydrogens is 434 g/mol. The lowest BCUT2D eigenvalue weighted by Crippen LogP contribution is -2.59. The zero-order valence-electron chi connectivity index (χ0n) is 16.7. The second kappa shape index (κ2) is 7.38. The molecule has 0 saturated carbocycles. The number of halogens is 1. The molecule has 0 amide bonds. The van der Waals surface area contributed by atoms with E-state index in [-0.39, 0.29) is 16.4 Å². The highest BCUT2D eigenvalue weighted by Crippen LogP contribution is 2.55. The minimum atomic E-state index is -0.804. The maximum Gasteiger partial charge on any atom is 0.113 e. The van der Waals surface area contributed by atoms with Gasteiger partial charge in [-0.1, -0.05) is 76.6 Å². The van der Waals surface area contributed by atoms with E-state index in [9.17, 15) is 0 Å². The van der Waals surface area contributed by atoms with E-state index in [1.807, 2.05) is 36.4 Å². The fraction of sp³-hybridized carbons (Fsp3) is 0.0400. The second-order valence-corrected chi connectivity index (χ2v) is 8.71. The SMILES string of the molecule is [B]c1c([B])c([B])c(C2(c3ccccc3)c3ccccc3-c3ccc(Br)cc32)c([B])c1[B]. The monoisotopic (exact) mass is 446 g/mol.